The first-order chi connectivity index (χ1) is 16.4. The number of H-pyrrole nitrogens is 1. The number of amides is 1. The Hall–Kier alpha value is -3.64. The lowest BCUT2D eigenvalue weighted by Crippen LogP contribution is -2.35. The van der Waals surface area contributed by atoms with Gasteiger partial charge in [0.1, 0.15) is 12.4 Å². The maximum atomic E-state index is 12.8. The number of carbonyl (C=O) groups excluding carboxylic acids is 1. The highest BCUT2D eigenvalue weighted by molar-refractivity contribution is 5.75. The molecule has 0 saturated carbocycles. The number of aromatic nitrogens is 4. The first kappa shape index (κ1) is 26.0. The number of aromatic amines is 1. The zero-order valence-electron chi connectivity index (χ0n) is 18.2. The Balaban J connectivity index is 1.81. The van der Waals surface area contributed by atoms with Crippen LogP contribution in [0.3, 0.4) is 0 Å². The summed E-state index contributed by atoms with van der Waals surface area (Å²) in [5, 5.41) is 9.03. The summed E-state index contributed by atoms with van der Waals surface area (Å²) in [6.07, 6.45) is -7.02. The van der Waals surface area contributed by atoms with Crippen LogP contribution in [0.25, 0.3) is 11.3 Å². The fraction of sp³-hybridized carbons (Fsp3) is 0.364. The van der Waals surface area contributed by atoms with E-state index < -0.39 is 42.3 Å². The van der Waals surface area contributed by atoms with Crippen LogP contribution in [-0.2, 0) is 30.4 Å². The fourth-order valence-corrected chi connectivity index (χ4v) is 3.30. The van der Waals surface area contributed by atoms with E-state index in [1.165, 1.54) is 0 Å². The minimum absolute atomic E-state index is 0.00218. The van der Waals surface area contributed by atoms with Crippen molar-refractivity contribution in [3.8, 4) is 11.3 Å². The molecular formula is C22H21F6N5O2. The van der Waals surface area contributed by atoms with Crippen molar-refractivity contribution in [2.75, 3.05) is 6.54 Å². The molecule has 13 heteroatoms. The van der Waals surface area contributed by atoms with Crippen molar-refractivity contribution in [2.45, 2.75) is 44.6 Å². The Bertz CT molecular complexity index is 1190. The van der Waals surface area contributed by atoms with Crippen LogP contribution in [0.2, 0.25) is 0 Å². The lowest BCUT2D eigenvalue weighted by molar-refractivity contribution is -0.137. The van der Waals surface area contributed by atoms with Crippen LogP contribution in [0.5, 0.6) is 0 Å². The number of benzene rings is 1. The van der Waals surface area contributed by atoms with Crippen LogP contribution < -0.4 is 10.9 Å². The summed E-state index contributed by atoms with van der Waals surface area (Å²) in [6.45, 7) is -0.223. The van der Waals surface area contributed by atoms with E-state index in [4.69, 9.17) is 0 Å². The number of alkyl halides is 6. The first-order valence-electron chi connectivity index (χ1n) is 10.5. The minimum atomic E-state index is -4.55. The maximum absolute atomic E-state index is 12.8. The summed E-state index contributed by atoms with van der Waals surface area (Å²) >= 11 is 0. The Labute approximate surface area is 195 Å². The van der Waals surface area contributed by atoms with Crippen LogP contribution in [0, 0.1) is 0 Å². The van der Waals surface area contributed by atoms with Gasteiger partial charge in [0.2, 0.25) is 5.91 Å². The Morgan fingerprint density at radius 3 is 2.37 bits per heavy atom. The summed E-state index contributed by atoms with van der Waals surface area (Å²) in [6, 6.07) is 4.92. The van der Waals surface area contributed by atoms with Crippen molar-refractivity contribution in [1.82, 2.24) is 25.1 Å². The number of nitrogens with one attached hydrogen (secondary N) is 2. The molecule has 2 heterocycles. The largest absolute Gasteiger partial charge is 0.416 e. The van der Waals surface area contributed by atoms with E-state index in [2.05, 4.69) is 20.5 Å². The molecule has 1 amide bonds. The van der Waals surface area contributed by atoms with Gasteiger partial charge in [-0.25, -0.2) is 4.98 Å². The average Bonchev–Trinajstić information content (AvgIpc) is 3.28. The molecular weight excluding hydrogens is 480 g/mol. The van der Waals surface area contributed by atoms with E-state index in [1.807, 2.05) is 0 Å². The van der Waals surface area contributed by atoms with Gasteiger partial charge in [-0.1, -0.05) is 12.1 Å². The first-order valence-corrected chi connectivity index (χ1v) is 10.5. The molecule has 7 nitrogen and oxygen atoms in total. The van der Waals surface area contributed by atoms with Gasteiger partial charge in [0, 0.05) is 37.2 Å². The molecule has 2 aromatic heterocycles. The zero-order chi connectivity index (χ0) is 25.6. The molecule has 0 saturated heterocycles. The van der Waals surface area contributed by atoms with E-state index >= 15 is 0 Å². The maximum Gasteiger partial charge on any atom is 0.416 e. The van der Waals surface area contributed by atoms with Crippen molar-refractivity contribution < 1.29 is 31.1 Å². The second-order valence-corrected chi connectivity index (χ2v) is 7.73. The summed E-state index contributed by atoms with van der Waals surface area (Å²) in [5.41, 5.74) is -0.571. The number of carbonyl (C=O) groups is 1. The smallest absolute Gasteiger partial charge is 0.354 e. The van der Waals surface area contributed by atoms with Crippen molar-refractivity contribution >= 4 is 5.91 Å². The van der Waals surface area contributed by atoms with E-state index in [-0.39, 0.29) is 36.5 Å². The molecule has 0 spiro atoms. The van der Waals surface area contributed by atoms with Crippen LogP contribution in [0.15, 0.2) is 47.5 Å². The monoisotopic (exact) mass is 501 g/mol. The second-order valence-electron chi connectivity index (χ2n) is 7.73. The second kappa shape index (κ2) is 10.7. The third-order valence-corrected chi connectivity index (χ3v) is 5.05. The van der Waals surface area contributed by atoms with Gasteiger partial charge in [0.15, 0.2) is 0 Å². The van der Waals surface area contributed by atoms with Crippen LogP contribution >= 0.6 is 0 Å². The molecule has 1 aromatic carbocycles. The van der Waals surface area contributed by atoms with Gasteiger partial charge in [-0.3, -0.25) is 19.3 Å². The normalized spacial score (nSPS) is 12.1. The number of hydrogen-bond donors (Lipinski definition) is 2. The third kappa shape index (κ3) is 7.69. The molecule has 3 aromatic rings. The van der Waals surface area contributed by atoms with Crippen molar-refractivity contribution in [2.24, 2.45) is 0 Å². The Morgan fingerprint density at radius 1 is 1.06 bits per heavy atom. The highest BCUT2D eigenvalue weighted by Gasteiger charge is 2.30. The lowest BCUT2D eigenvalue weighted by atomic mass is 10.1. The molecule has 0 unspecified atom stereocenters. The quantitative estimate of drug-likeness (QED) is 0.435. The highest BCUT2D eigenvalue weighted by atomic mass is 19.4. The molecule has 0 bridgehead atoms. The van der Waals surface area contributed by atoms with Gasteiger partial charge < -0.3 is 5.32 Å². The van der Waals surface area contributed by atoms with Crippen LogP contribution in [-0.4, -0.2) is 38.4 Å². The van der Waals surface area contributed by atoms with Gasteiger partial charge in [-0.15, -0.1) is 0 Å². The predicted octanol–water partition coefficient (Wildman–Crippen LogP) is 3.90. The summed E-state index contributed by atoms with van der Waals surface area (Å²) in [4.78, 5) is 29.3. The number of rotatable bonds is 9. The SMILES string of the molecule is O=C(Cn1c(CCCC(F)(F)F)nc(-c2ccc(C(F)(F)F)cc2)cc1=O)NCCc1cn[nH]c1. The highest BCUT2D eigenvalue weighted by Crippen LogP contribution is 2.30. The number of hydrogen-bond acceptors (Lipinski definition) is 4. The topological polar surface area (TPSA) is 92.7 Å². The predicted molar refractivity (Wildman–Crippen MR) is 113 cm³/mol. The van der Waals surface area contributed by atoms with Crippen molar-refractivity contribution in [1.29, 1.82) is 0 Å². The average molecular weight is 501 g/mol. The van der Waals surface area contributed by atoms with Crippen molar-refractivity contribution in [3.63, 3.8) is 0 Å². The Kier molecular flexibility index (Phi) is 7.97. The number of aryl methyl sites for hydroxylation is 1. The van der Waals surface area contributed by atoms with E-state index in [0.29, 0.717) is 6.42 Å². The fourth-order valence-electron chi connectivity index (χ4n) is 3.30. The van der Waals surface area contributed by atoms with Gasteiger partial charge in [-0.2, -0.15) is 31.4 Å². The standard InChI is InChI=1S/C22H21F6N5O2/c23-21(24,25)8-1-2-18-32-17(15-3-5-16(6-4-15)22(26,27)28)10-20(35)33(18)13-19(34)29-9-7-14-11-30-31-12-14/h3-6,10-12H,1-2,7-9,13H2,(H,29,34)(H,30,31). The van der Waals surface area contributed by atoms with Gasteiger partial charge >= 0.3 is 12.4 Å². The molecule has 0 aliphatic rings. The van der Waals surface area contributed by atoms with E-state index in [1.54, 1.807) is 12.4 Å². The minimum Gasteiger partial charge on any atom is -0.354 e. The third-order valence-electron chi connectivity index (χ3n) is 5.05. The van der Waals surface area contributed by atoms with Gasteiger partial charge in [0.25, 0.3) is 5.56 Å². The molecule has 3 rings (SSSR count). The Morgan fingerprint density at radius 2 is 1.77 bits per heavy atom. The molecule has 35 heavy (non-hydrogen) atoms. The molecule has 2 N–H and O–H groups in total. The summed E-state index contributed by atoms with van der Waals surface area (Å²) < 4.78 is 77.3. The summed E-state index contributed by atoms with van der Waals surface area (Å²) in [5.74, 6) is -0.613. The van der Waals surface area contributed by atoms with Crippen LogP contribution in [0.1, 0.15) is 29.8 Å². The molecule has 0 radical (unpaired) electrons. The number of halogens is 6. The van der Waals surface area contributed by atoms with Gasteiger partial charge in [-0.05, 0) is 30.5 Å². The molecule has 0 aliphatic carbocycles. The lowest BCUT2D eigenvalue weighted by Gasteiger charge is -2.15. The zero-order valence-corrected chi connectivity index (χ0v) is 18.2. The molecule has 0 atom stereocenters. The van der Waals surface area contributed by atoms with E-state index in [0.717, 1.165) is 40.5 Å². The molecule has 188 valence electrons. The molecule has 0 fully saturated rings. The van der Waals surface area contributed by atoms with Crippen LogP contribution in [0.4, 0.5) is 26.3 Å². The van der Waals surface area contributed by atoms with E-state index in [9.17, 15) is 35.9 Å². The van der Waals surface area contributed by atoms with Crippen molar-refractivity contribution in [3.05, 3.63) is 70.0 Å². The summed E-state index contributed by atoms with van der Waals surface area (Å²) in [7, 11) is 0. The number of nitrogens with zero attached hydrogens (tertiary/aromatic N) is 3. The van der Waals surface area contributed by atoms with Gasteiger partial charge in [0.05, 0.1) is 17.5 Å². The molecule has 0 aliphatic heterocycles.